The van der Waals surface area contributed by atoms with Crippen LogP contribution in [0, 0.1) is 4.64 Å². The van der Waals surface area contributed by atoms with Crippen LogP contribution in [-0.4, -0.2) is 15.0 Å². The summed E-state index contributed by atoms with van der Waals surface area (Å²) in [5, 5.41) is 1.09. The normalized spacial score (nSPS) is 10.6. The zero-order chi connectivity index (χ0) is 11.7. The van der Waals surface area contributed by atoms with E-state index in [-0.39, 0.29) is 0 Å². The van der Waals surface area contributed by atoms with E-state index in [9.17, 15) is 0 Å². The number of H-pyrrole nitrogens is 1. The number of hydrogen-bond acceptors (Lipinski definition) is 3. The van der Waals surface area contributed by atoms with Crippen LogP contribution in [0.25, 0.3) is 22.2 Å². The van der Waals surface area contributed by atoms with Crippen molar-refractivity contribution in [1.82, 2.24) is 15.0 Å². The van der Waals surface area contributed by atoms with Gasteiger partial charge < -0.3 is 4.98 Å². The lowest BCUT2D eigenvalue weighted by molar-refractivity contribution is 1.19. The maximum atomic E-state index is 5.09. The van der Waals surface area contributed by atoms with E-state index in [4.69, 9.17) is 12.2 Å². The van der Waals surface area contributed by atoms with Crippen molar-refractivity contribution in [3.63, 3.8) is 0 Å². The molecule has 2 heterocycles. The van der Waals surface area contributed by atoms with Gasteiger partial charge >= 0.3 is 0 Å². The minimum absolute atomic E-state index is 0.628. The average molecular weight is 239 g/mol. The molecular formula is C13H9N3S. The van der Waals surface area contributed by atoms with Crippen LogP contribution < -0.4 is 0 Å². The van der Waals surface area contributed by atoms with E-state index < -0.39 is 0 Å². The summed E-state index contributed by atoms with van der Waals surface area (Å²) >= 11 is 5.09. The number of pyridine rings is 1. The summed E-state index contributed by atoms with van der Waals surface area (Å²) in [5.41, 5.74) is 2.94. The monoisotopic (exact) mass is 239 g/mol. The smallest absolute Gasteiger partial charge is 0.122 e. The highest BCUT2D eigenvalue weighted by atomic mass is 32.1. The molecule has 0 aliphatic carbocycles. The first-order chi connectivity index (χ1) is 8.34. The van der Waals surface area contributed by atoms with Crippen molar-refractivity contribution >= 4 is 23.1 Å². The molecule has 0 fully saturated rings. The van der Waals surface area contributed by atoms with Gasteiger partial charge in [0.2, 0.25) is 0 Å². The summed E-state index contributed by atoms with van der Waals surface area (Å²) < 4.78 is 0.628. The second-order valence-corrected chi connectivity index (χ2v) is 4.13. The third-order valence-corrected chi connectivity index (χ3v) is 2.80. The molecule has 0 amide bonds. The molecule has 17 heavy (non-hydrogen) atoms. The van der Waals surface area contributed by atoms with Crippen LogP contribution >= 0.6 is 12.2 Å². The van der Waals surface area contributed by atoms with E-state index in [1.54, 1.807) is 18.6 Å². The summed E-state index contributed by atoms with van der Waals surface area (Å²) in [7, 11) is 0. The summed E-state index contributed by atoms with van der Waals surface area (Å²) in [6, 6.07) is 9.98. The van der Waals surface area contributed by atoms with Gasteiger partial charge in [0, 0.05) is 17.1 Å². The molecule has 0 bridgehead atoms. The lowest BCUT2D eigenvalue weighted by Gasteiger charge is -2.05. The number of benzene rings is 1. The molecule has 0 aliphatic rings. The highest BCUT2D eigenvalue weighted by Crippen LogP contribution is 2.25. The molecule has 1 N–H and O–H groups in total. The van der Waals surface area contributed by atoms with Crippen LogP contribution in [0.4, 0.5) is 0 Å². The SMILES string of the molecule is S=c1cncc(-c2cccc3ncccc23)[nH]1. The Hall–Kier alpha value is -2.07. The van der Waals surface area contributed by atoms with Crippen LogP contribution in [-0.2, 0) is 0 Å². The maximum Gasteiger partial charge on any atom is 0.122 e. The van der Waals surface area contributed by atoms with Gasteiger partial charge in [0.1, 0.15) is 4.64 Å². The number of fused-ring (bicyclic) bond motifs is 1. The van der Waals surface area contributed by atoms with Crippen LogP contribution in [0.3, 0.4) is 0 Å². The minimum atomic E-state index is 0.628. The Morgan fingerprint density at radius 3 is 2.88 bits per heavy atom. The largest absolute Gasteiger partial charge is 0.344 e. The summed E-state index contributed by atoms with van der Waals surface area (Å²) in [6.45, 7) is 0. The third kappa shape index (κ3) is 1.83. The fourth-order valence-electron chi connectivity index (χ4n) is 1.85. The van der Waals surface area contributed by atoms with Crippen molar-refractivity contribution in [3.05, 3.63) is 53.6 Å². The molecule has 0 aliphatic heterocycles. The first kappa shape index (κ1) is 10.1. The van der Waals surface area contributed by atoms with Gasteiger partial charge in [-0.15, -0.1) is 0 Å². The fraction of sp³-hybridized carbons (Fsp3) is 0. The van der Waals surface area contributed by atoms with E-state index in [0.29, 0.717) is 4.64 Å². The molecule has 0 atom stereocenters. The van der Waals surface area contributed by atoms with Gasteiger partial charge in [-0.25, -0.2) is 0 Å². The third-order valence-electron chi connectivity index (χ3n) is 2.59. The van der Waals surface area contributed by atoms with Crippen LogP contribution in [0.5, 0.6) is 0 Å². The minimum Gasteiger partial charge on any atom is -0.344 e. The molecule has 3 aromatic rings. The van der Waals surface area contributed by atoms with E-state index in [2.05, 4.69) is 15.0 Å². The van der Waals surface area contributed by atoms with Gasteiger partial charge in [0.15, 0.2) is 0 Å². The zero-order valence-corrected chi connectivity index (χ0v) is 9.74. The molecule has 0 saturated carbocycles. The van der Waals surface area contributed by atoms with E-state index in [0.717, 1.165) is 22.2 Å². The van der Waals surface area contributed by atoms with Crippen molar-refractivity contribution in [2.24, 2.45) is 0 Å². The number of hydrogen-bond donors (Lipinski definition) is 1. The molecule has 3 rings (SSSR count). The van der Waals surface area contributed by atoms with E-state index in [1.165, 1.54) is 0 Å². The highest BCUT2D eigenvalue weighted by Gasteiger charge is 2.03. The maximum absolute atomic E-state index is 5.09. The van der Waals surface area contributed by atoms with Crippen LogP contribution in [0.15, 0.2) is 48.9 Å². The van der Waals surface area contributed by atoms with Crippen molar-refractivity contribution in [2.45, 2.75) is 0 Å². The van der Waals surface area contributed by atoms with Crippen LogP contribution in [0.1, 0.15) is 0 Å². The van der Waals surface area contributed by atoms with Crippen LogP contribution in [0.2, 0.25) is 0 Å². The lowest BCUT2D eigenvalue weighted by Crippen LogP contribution is -1.88. The molecule has 1 aromatic carbocycles. The van der Waals surface area contributed by atoms with E-state index in [1.807, 2.05) is 30.3 Å². The molecular weight excluding hydrogens is 230 g/mol. The Morgan fingerprint density at radius 1 is 1.06 bits per heavy atom. The van der Waals surface area contributed by atoms with Gasteiger partial charge in [0.05, 0.1) is 23.6 Å². The first-order valence-corrected chi connectivity index (χ1v) is 5.64. The molecule has 0 spiro atoms. The van der Waals surface area contributed by atoms with Crippen molar-refractivity contribution in [3.8, 4) is 11.3 Å². The molecule has 2 aromatic heterocycles. The van der Waals surface area contributed by atoms with Crippen molar-refractivity contribution < 1.29 is 0 Å². The molecule has 0 saturated heterocycles. The summed E-state index contributed by atoms with van der Waals surface area (Å²) in [4.78, 5) is 11.6. The molecule has 3 nitrogen and oxygen atoms in total. The second-order valence-electron chi connectivity index (χ2n) is 3.69. The summed E-state index contributed by atoms with van der Waals surface area (Å²) in [6.07, 6.45) is 5.19. The Bertz CT molecular complexity index is 728. The second kappa shape index (κ2) is 4.07. The average Bonchev–Trinajstić information content (AvgIpc) is 2.38. The molecule has 0 radical (unpaired) electrons. The first-order valence-electron chi connectivity index (χ1n) is 5.23. The van der Waals surface area contributed by atoms with Gasteiger partial charge in [0.25, 0.3) is 0 Å². The topological polar surface area (TPSA) is 41.6 Å². The summed E-state index contributed by atoms with van der Waals surface area (Å²) in [5.74, 6) is 0. The Labute approximate surface area is 103 Å². The van der Waals surface area contributed by atoms with Crippen molar-refractivity contribution in [1.29, 1.82) is 0 Å². The lowest BCUT2D eigenvalue weighted by atomic mass is 10.1. The number of nitrogens with zero attached hydrogens (tertiary/aromatic N) is 2. The van der Waals surface area contributed by atoms with Gasteiger partial charge in [-0.05, 0) is 12.1 Å². The Balaban J connectivity index is 2.34. The number of aromatic amines is 1. The van der Waals surface area contributed by atoms with Gasteiger partial charge in [-0.2, -0.15) is 0 Å². The highest BCUT2D eigenvalue weighted by molar-refractivity contribution is 7.71. The fourth-order valence-corrected chi connectivity index (χ4v) is 2.02. The Morgan fingerprint density at radius 2 is 2.00 bits per heavy atom. The number of nitrogens with one attached hydrogen (secondary N) is 1. The quantitative estimate of drug-likeness (QED) is 0.662. The standard InChI is InChI=1S/C13H9N3S/c17-13-8-14-7-12(16-13)10-3-1-5-11-9(10)4-2-6-15-11/h1-8H,(H,16,17). The van der Waals surface area contributed by atoms with Crippen molar-refractivity contribution in [2.75, 3.05) is 0 Å². The number of aromatic nitrogens is 3. The predicted molar refractivity (Wildman–Crippen MR) is 70.2 cm³/mol. The number of rotatable bonds is 1. The molecule has 0 unspecified atom stereocenters. The van der Waals surface area contributed by atoms with Gasteiger partial charge in [-0.1, -0.05) is 30.4 Å². The van der Waals surface area contributed by atoms with Gasteiger partial charge in [-0.3, -0.25) is 9.97 Å². The Kier molecular flexibility index (Phi) is 2.42. The zero-order valence-electron chi connectivity index (χ0n) is 8.92. The molecule has 82 valence electrons. The molecule has 4 heteroatoms. The van der Waals surface area contributed by atoms with E-state index >= 15 is 0 Å². The predicted octanol–water partition coefficient (Wildman–Crippen LogP) is 3.35.